The van der Waals surface area contributed by atoms with E-state index in [-0.39, 0.29) is 12.5 Å². The number of carbonyl (C=O) groups is 2. The Morgan fingerprint density at radius 2 is 2.08 bits per heavy atom. The predicted molar refractivity (Wildman–Crippen MR) is 90.0 cm³/mol. The van der Waals surface area contributed by atoms with Crippen molar-refractivity contribution >= 4 is 11.9 Å². The number of furan rings is 1. The number of aryl methyl sites for hydroxylation is 1. The Labute approximate surface area is 146 Å². The van der Waals surface area contributed by atoms with Gasteiger partial charge in [0, 0.05) is 0 Å². The summed E-state index contributed by atoms with van der Waals surface area (Å²) in [6, 6.07) is 9.39. The van der Waals surface area contributed by atoms with Crippen molar-refractivity contribution in [2.24, 2.45) is 0 Å². The first-order chi connectivity index (χ1) is 12.1. The van der Waals surface area contributed by atoms with Crippen LogP contribution in [0.4, 0.5) is 0 Å². The standard InChI is InChI=1S/C19H21NO5/c1-3-24-18(22)19(10-8-13-6-4-5-7-15(13)19)20-12-16-14(9-11-25-16)17(21)23-2/h4-7,9,11,20H,3,8,10,12H2,1-2H3/t19-/m1/s1. The molecule has 1 N–H and O–H groups in total. The molecule has 132 valence electrons. The maximum absolute atomic E-state index is 12.8. The third-order valence-electron chi connectivity index (χ3n) is 4.57. The van der Waals surface area contributed by atoms with Crippen molar-refractivity contribution in [3.63, 3.8) is 0 Å². The first-order valence-electron chi connectivity index (χ1n) is 8.27. The number of carbonyl (C=O) groups excluding carboxylic acids is 2. The molecule has 0 unspecified atom stereocenters. The minimum Gasteiger partial charge on any atom is -0.467 e. The number of benzene rings is 1. The van der Waals surface area contributed by atoms with E-state index in [0.717, 1.165) is 17.5 Å². The number of rotatable bonds is 6. The third kappa shape index (κ3) is 3.05. The van der Waals surface area contributed by atoms with Crippen LogP contribution in [0.2, 0.25) is 0 Å². The summed E-state index contributed by atoms with van der Waals surface area (Å²) in [5, 5.41) is 3.28. The highest BCUT2D eigenvalue weighted by Crippen LogP contribution is 2.38. The Balaban J connectivity index is 1.90. The molecule has 1 aromatic carbocycles. The second-order valence-electron chi connectivity index (χ2n) is 5.89. The molecule has 3 rings (SSSR count). The van der Waals surface area contributed by atoms with E-state index in [0.29, 0.717) is 24.4 Å². The van der Waals surface area contributed by atoms with Crippen molar-refractivity contribution in [3.05, 3.63) is 59.0 Å². The first-order valence-corrected chi connectivity index (χ1v) is 8.27. The van der Waals surface area contributed by atoms with E-state index in [2.05, 4.69) is 5.32 Å². The SMILES string of the molecule is CCOC(=O)[C@@]1(NCc2occc2C(=O)OC)CCc2ccccc21. The van der Waals surface area contributed by atoms with Crippen LogP contribution in [0.3, 0.4) is 0 Å². The van der Waals surface area contributed by atoms with Crippen molar-refractivity contribution in [1.29, 1.82) is 0 Å². The molecule has 25 heavy (non-hydrogen) atoms. The highest BCUT2D eigenvalue weighted by atomic mass is 16.5. The maximum atomic E-state index is 12.8. The van der Waals surface area contributed by atoms with Crippen LogP contribution >= 0.6 is 0 Å². The van der Waals surface area contributed by atoms with Gasteiger partial charge < -0.3 is 13.9 Å². The second kappa shape index (κ2) is 7.11. The van der Waals surface area contributed by atoms with Crippen LogP contribution in [0.1, 0.15) is 40.6 Å². The van der Waals surface area contributed by atoms with Crippen molar-refractivity contribution in [1.82, 2.24) is 5.32 Å². The smallest absolute Gasteiger partial charge is 0.341 e. The molecule has 2 aromatic rings. The molecule has 1 atom stereocenters. The minimum absolute atomic E-state index is 0.213. The predicted octanol–water partition coefficient (Wildman–Crippen LogP) is 2.56. The van der Waals surface area contributed by atoms with Crippen LogP contribution in [-0.2, 0) is 32.8 Å². The van der Waals surface area contributed by atoms with Crippen LogP contribution in [0, 0.1) is 0 Å². The summed E-state index contributed by atoms with van der Waals surface area (Å²) in [5.41, 5.74) is 1.45. The molecule has 0 aliphatic heterocycles. The van der Waals surface area contributed by atoms with E-state index in [4.69, 9.17) is 13.9 Å². The zero-order valence-corrected chi connectivity index (χ0v) is 14.3. The molecule has 0 spiro atoms. The molecule has 6 nitrogen and oxygen atoms in total. The van der Waals surface area contributed by atoms with Crippen LogP contribution < -0.4 is 5.32 Å². The molecule has 6 heteroatoms. The summed E-state index contributed by atoms with van der Waals surface area (Å²) < 4.78 is 15.5. The van der Waals surface area contributed by atoms with E-state index in [9.17, 15) is 9.59 Å². The van der Waals surface area contributed by atoms with Crippen LogP contribution in [0.15, 0.2) is 41.0 Å². The van der Waals surface area contributed by atoms with E-state index in [1.54, 1.807) is 13.0 Å². The van der Waals surface area contributed by atoms with E-state index < -0.39 is 11.5 Å². The quantitative estimate of drug-likeness (QED) is 0.812. The number of hydrogen-bond acceptors (Lipinski definition) is 6. The Kier molecular flexibility index (Phi) is 4.90. The summed E-state index contributed by atoms with van der Waals surface area (Å²) in [5.74, 6) is -0.353. The average Bonchev–Trinajstić information content (AvgIpc) is 3.25. The topological polar surface area (TPSA) is 77.8 Å². The third-order valence-corrected chi connectivity index (χ3v) is 4.57. The lowest BCUT2D eigenvalue weighted by atomic mass is 9.91. The van der Waals surface area contributed by atoms with Gasteiger partial charge in [0.25, 0.3) is 0 Å². The molecule has 0 fully saturated rings. The number of ether oxygens (including phenoxy) is 2. The molecule has 0 amide bonds. The molecule has 0 saturated heterocycles. The van der Waals surface area contributed by atoms with Crippen molar-refractivity contribution in [3.8, 4) is 0 Å². The summed E-state index contributed by atoms with van der Waals surface area (Å²) in [6.45, 7) is 2.30. The van der Waals surface area contributed by atoms with Crippen molar-refractivity contribution in [2.45, 2.75) is 31.8 Å². The van der Waals surface area contributed by atoms with Gasteiger partial charge >= 0.3 is 11.9 Å². The Bertz CT molecular complexity index is 782. The molecule has 1 aliphatic rings. The summed E-state index contributed by atoms with van der Waals surface area (Å²) in [7, 11) is 1.32. The fraction of sp³-hybridized carbons (Fsp3) is 0.368. The van der Waals surface area contributed by atoms with Crippen LogP contribution in [0.5, 0.6) is 0 Å². The van der Waals surface area contributed by atoms with E-state index >= 15 is 0 Å². The number of fused-ring (bicyclic) bond motifs is 1. The lowest BCUT2D eigenvalue weighted by Gasteiger charge is -2.29. The monoisotopic (exact) mass is 343 g/mol. The molecular formula is C19H21NO5. The minimum atomic E-state index is -0.938. The molecule has 0 saturated carbocycles. The lowest BCUT2D eigenvalue weighted by molar-refractivity contribution is -0.152. The summed E-state index contributed by atoms with van der Waals surface area (Å²) in [6.07, 6.45) is 2.81. The maximum Gasteiger partial charge on any atom is 0.341 e. The Morgan fingerprint density at radius 1 is 1.28 bits per heavy atom. The largest absolute Gasteiger partial charge is 0.467 e. The van der Waals surface area contributed by atoms with Crippen molar-refractivity contribution in [2.75, 3.05) is 13.7 Å². The molecule has 0 bridgehead atoms. The number of nitrogens with one attached hydrogen (secondary N) is 1. The number of esters is 2. The van der Waals surface area contributed by atoms with E-state index in [1.165, 1.54) is 13.4 Å². The summed E-state index contributed by atoms with van der Waals surface area (Å²) in [4.78, 5) is 24.6. The molecule has 1 heterocycles. The van der Waals surface area contributed by atoms with Gasteiger partial charge in [-0.1, -0.05) is 24.3 Å². The Morgan fingerprint density at radius 3 is 2.84 bits per heavy atom. The van der Waals surface area contributed by atoms with Crippen LogP contribution in [-0.4, -0.2) is 25.7 Å². The van der Waals surface area contributed by atoms with Gasteiger partial charge in [0.2, 0.25) is 0 Å². The summed E-state index contributed by atoms with van der Waals surface area (Å²) >= 11 is 0. The van der Waals surface area contributed by atoms with Gasteiger partial charge in [-0.05, 0) is 37.0 Å². The average molecular weight is 343 g/mol. The fourth-order valence-corrected chi connectivity index (χ4v) is 3.33. The van der Waals surface area contributed by atoms with Gasteiger partial charge in [0.1, 0.15) is 16.9 Å². The lowest BCUT2D eigenvalue weighted by Crippen LogP contribution is -2.48. The van der Waals surface area contributed by atoms with Gasteiger partial charge in [-0.25, -0.2) is 9.59 Å². The first kappa shape index (κ1) is 17.2. The molecule has 1 aliphatic carbocycles. The van der Waals surface area contributed by atoms with Crippen molar-refractivity contribution < 1.29 is 23.5 Å². The Hall–Kier alpha value is -2.60. The zero-order valence-electron chi connectivity index (χ0n) is 14.3. The van der Waals surface area contributed by atoms with Gasteiger partial charge in [0.05, 0.1) is 26.5 Å². The second-order valence-corrected chi connectivity index (χ2v) is 5.89. The molecular weight excluding hydrogens is 322 g/mol. The van der Waals surface area contributed by atoms with Gasteiger partial charge in [0.15, 0.2) is 0 Å². The highest BCUT2D eigenvalue weighted by molar-refractivity contribution is 5.90. The number of methoxy groups -OCH3 is 1. The normalized spacial score (nSPS) is 18.6. The van der Waals surface area contributed by atoms with Gasteiger partial charge in [-0.2, -0.15) is 0 Å². The van der Waals surface area contributed by atoms with Gasteiger partial charge in [-0.3, -0.25) is 5.32 Å². The molecule has 0 radical (unpaired) electrons. The van der Waals surface area contributed by atoms with Crippen LogP contribution in [0.25, 0.3) is 0 Å². The van der Waals surface area contributed by atoms with Gasteiger partial charge in [-0.15, -0.1) is 0 Å². The molecule has 1 aromatic heterocycles. The number of hydrogen-bond donors (Lipinski definition) is 1. The zero-order chi connectivity index (χ0) is 17.9. The fourth-order valence-electron chi connectivity index (χ4n) is 3.33. The van der Waals surface area contributed by atoms with E-state index in [1.807, 2.05) is 24.3 Å². The highest BCUT2D eigenvalue weighted by Gasteiger charge is 2.46.